The van der Waals surface area contributed by atoms with Gasteiger partial charge < -0.3 is 4.74 Å². The Morgan fingerprint density at radius 3 is 2.50 bits per heavy atom. The molecular formula is C20H19NO3. The maximum atomic E-state index is 13.0. The number of hydrogen-bond acceptors (Lipinski definition) is 3. The van der Waals surface area contributed by atoms with Crippen LogP contribution >= 0.6 is 0 Å². The van der Waals surface area contributed by atoms with E-state index in [1.165, 1.54) is 4.57 Å². The Kier molecular flexibility index (Phi) is 3.60. The van der Waals surface area contributed by atoms with Gasteiger partial charge in [0.15, 0.2) is 0 Å². The van der Waals surface area contributed by atoms with Crippen molar-refractivity contribution in [2.45, 2.75) is 31.6 Å². The maximum absolute atomic E-state index is 13.0. The minimum Gasteiger partial charge on any atom is -0.461 e. The third-order valence-corrected chi connectivity index (χ3v) is 4.92. The highest BCUT2D eigenvalue weighted by Gasteiger charge is 2.37. The Hall–Kier alpha value is -2.62. The number of allylic oxidation sites excluding steroid dienone is 2. The number of hydrogen-bond donors (Lipinski definition) is 0. The topological polar surface area (TPSA) is 48.3 Å². The first kappa shape index (κ1) is 14.9. The summed E-state index contributed by atoms with van der Waals surface area (Å²) in [5, 5.41) is 0. The molecule has 4 nitrogen and oxygen atoms in total. The molecule has 0 N–H and O–H groups in total. The van der Waals surface area contributed by atoms with Crippen LogP contribution in [0.25, 0.3) is 0 Å². The van der Waals surface area contributed by atoms with Crippen LogP contribution in [0.5, 0.6) is 0 Å². The van der Waals surface area contributed by atoms with E-state index in [1.807, 2.05) is 24.4 Å². The zero-order valence-corrected chi connectivity index (χ0v) is 13.6. The lowest BCUT2D eigenvalue weighted by Gasteiger charge is -2.31. The van der Waals surface area contributed by atoms with Crippen LogP contribution in [0.2, 0.25) is 0 Å². The molecule has 0 aliphatic heterocycles. The third-order valence-electron chi connectivity index (χ3n) is 4.92. The highest BCUT2D eigenvalue weighted by molar-refractivity contribution is 6.02. The smallest absolute Gasteiger partial charge is 0.355 e. The molecule has 3 aliphatic carbocycles. The van der Waals surface area contributed by atoms with Gasteiger partial charge in [0, 0.05) is 23.6 Å². The molecule has 0 radical (unpaired) electrons. The van der Waals surface area contributed by atoms with E-state index in [9.17, 15) is 9.59 Å². The molecule has 4 heteroatoms. The quantitative estimate of drug-likeness (QED) is 0.636. The molecule has 0 saturated carbocycles. The number of fused-ring (bicyclic) bond motifs is 1. The van der Waals surface area contributed by atoms with Crippen molar-refractivity contribution in [3.63, 3.8) is 0 Å². The molecule has 0 saturated heterocycles. The van der Waals surface area contributed by atoms with Crippen LogP contribution in [0, 0.1) is 0 Å². The van der Waals surface area contributed by atoms with Crippen molar-refractivity contribution in [2.75, 3.05) is 6.61 Å². The zero-order chi connectivity index (χ0) is 16.7. The number of aromatic nitrogens is 1. The van der Waals surface area contributed by atoms with Crippen LogP contribution < -0.4 is 0 Å². The maximum Gasteiger partial charge on any atom is 0.355 e. The largest absolute Gasteiger partial charge is 0.461 e. The molecule has 122 valence electrons. The average Bonchev–Trinajstić information content (AvgIpc) is 3.06. The van der Waals surface area contributed by atoms with Crippen LogP contribution in [0.15, 0.2) is 48.7 Å². The van der Waals surface area contributed by atoms with E-state index in [2.05, 4.69) is 12.2 Å². The first-order chi connectivity index (χ1) is 11.7. The van der Waals surface area contributed by atoms with Crippen molar-refractivity contribution in [1.82, 2.24) is 4.57 Å². The summed E-state index contributed by atoms with van der Waals surface area (Å²) in [7, 11) is 0. The normalized spacial score (nSPS) is 20.7. The molecule has 2 atom stereocenters. The van der Waals surface area contributed by atoms with Crippen LogP contribution in [-0.4, -0.2) is 23.1 Å². The van der Waals surface area contributed by atoms with E-state index >= 15 is 0 Å². The van der Waals surface area contributed by atoms with E-state index in [-0.39, 0.29) is 11.8 Å². The first-order valence-electron chi connectivity index (χ1n) is 8.41. The minimum atomic E-state index is -0.413. The van der Waals surface area contributed by atoms with Gasteiger partial charge in [-0.15, -0.1) is 0 Å². The van der Waals surface area contributed by atoms with Crippen LogP contribution in [-0.2, 0) is 4.74 Å². The summed E-state index contributed by atoms with van der Waals surface area (Å²) in [6.07, 6.45) is 8.29. The van der Waals surface area contributed by atoms with Crippen molar-refractivity contribution in [3.05, 3.63) is 71.1 Å². The van der Waals surface area contributed by atoms with Gasteiger partial charge in [-0.1, -0.05) is 30.4 Å². The second-order valence-corrected chi connectivity index (χ2v) is 6.28. The highest BCUT2D eigenvalue weighted by Crippen LogP contribution is 2.47. The summed E-state index contributed by atoms with van der Waals surface area (Å²) >= 11 is 0. The summed E-state index contributed by atoms with van der Waals surface area (Å²) < 4.78 is 6.75. The number of carbonyl (C=O) groups is 2. The van der Waals surface area contributed by atoms with Crippen molar-refractivity contribution in [3.8, 4) is 0 Å². The monoisotopic (exact) mass is 321 g/mol. The minimum absolute atomic E-state index is 0.188. The van der Waals surface area contributed by atoms with E-state index < -0.39 is 5.97 Å². The molecule has 0 fully saturated rings. The SMILES string of the molecule is CCOC(=O)c1c2c(cn1C(=O)c1ccccc1)C1C=CC2CC1. The average molecular weight is 321 g/mol. The number of benzene rings is 1. The molecule has 2 unspecified atom stereocenters. The fourth-order valence-corrected chi connectivity index (χ4v) is 3.83. The molecule has 2 aromatic rings. The number of carbonyl (C=O) groups excluding carboxylic acids is 2. The summed E-state index contributed by atoms with van der Waals surface area (Å²) in [5.41, 5.74) is 3.05. The van der Waals surface area contributed by atoms with Crippen LogP contribution in [0.3, 0.4) is 0 Å². The lowest BCUT2D eigenvalue weighted by molar-refractivity contribution is 0.0508. The third kappa shape index (κ3) is 2.21. The van der Waals surface area contributed by atoms with Crippen molar-refractivity contribution < 1.29 is 14.3 Å². The second kappa shape index (κ2) is 5.78. The Morgan fingerprint density at radius 2 is 1.83 bits per heavy atom. The van der Waals surface area contributed by atoms with Crippen molar-refractivity contribution >= 4 is 11.9 Å². The summed E-state index contributed by atoms with van der Waals surface area (Å²) in [5.74, 6) is -0.103. The predicted octanol–water partition coefficient (Wildman–Crippen LogP) is 3.88. The fourth-order valence-electron chi connectivity index (χ4n) is 3.83. The zero-order valence-electron chi connectivity index (χ0n) is 13.6. The summed E-state index contributed by atoms with van der Waals surface area (Å²) in [4.78, 5) is 25.6. The van der Waals surface area contributed by atoms with Gasteiger partial charge in [-0.2, -0.15) is 0 Å². The second-order valence-electron chi connectivity index (χ2n) is 6.28. The van der Waals surface area contributed by atoms with E-state index in [4.69, 9.17) is 4.74 Å². The fraction of sp³-hybridized carbons (Fsp3) is 0.300. The van der Waals surface area contributed by atoms with Crippen LogP contribution in [0.4, 0.5) is 0 Å². The van der Waals surface area contributed by atoms with Crippen molar-refractivity contribution in [1.29, 1.82) is 0 Å². The van der Waals surface area contributed by atoms with Gasteiger partial charge in [-0.05, 0) is 43.0 Å². The molecule has 24 heavy (non-hydrogen) atoms. The number of rotatable bonds is 3. The predicted molar refractivity (Wildman–Crippen MR) is 90.4 cm³/mol. The van der Waals surface area contributed by atoms with Gasteiger partial charge in [0.25, 0.3) is 5.91 Å². The number of ether oxygens (including phenoxy) is 1. The molecule has 2 bridgehead atoms. The molecule has 3 aliphatic rings. The molecule has 1 heterocycles. The molecule has 5 rings (SSSR count). The van der Waals surface area contributed by atoms with Crippen LogP contribution in [0.1, 0.15) is 63.6 Å². The van der Waals surface area contributed by atoms with Gasteiger partial charge in [0.05, 0.1) is 6.61 Å². The number of esters is 1. The number of nitrogens with zero attached hydrogens (tertiary/aromatic N) is 1. The Labute approximate surface area is 140 Å². The van der Waals surface area contributed by atoms with Gasteiger partial charge in [0.1, 0.15) is 5.69 Å². The van der Waals surface area contributed by atoms with E-state index in [0.717, 1.165) is 24.0 Å². The lowest BCUT2D eigenvalue weighted by atomic mass is 9.72. The molecule has 0 spiro atoms. The molecular weight excluding hydrogens is 302 g/mol. The summed E-state index contributed by atoms with van der Waals surface area (Å²) in [6, 6.07) is 9.05. The van der Waals surface area contributed by atoms with Gasteiger partial charge >= 0.3 is 5.97 Å². The molecule has 0 amide bonds. The Balaban J connectivity index is 1.87. The van der Waals surface area contributed by atoms with E-state index in [1.54, 1.807) is 19.1 Å². The Morgan fingerprint density at radius 1 is 1.12 bits per heavy atom. The molecule has 1 aromatic carbocycles. The Bertz CT molecular complexity index is 832. The lowest BCUT2D eigenvalue weighted by Crippen LogP contribution is -2.22. The highest BCUT2D eigenvalue weighted by atomic mass is 16.5. The van der Waals surface area contributed by atoms with Gasteiger partial charge in [-0.3, -0.25) is 9.36 Å². The summed E-state index contributed by atoms with van der Waals surface area (Å²) in [6.45, 7) is 2.07. The van der Waals surface area contributed by atoms with E-state index in [0.29, 0.717) is 23.8 Å². The van der Waals surface area contributed by atoms with Crippen molar-refractivity contribution in [2.24, 2.45) is 0 Å². The molecule has 1 aromatic heterocycles. The van der Waals surface area contributed by atoms with Gasteiger partial charge in [-0.25, -0.2) is 4.79 Å². The first-order valence-corrected chi connectivity index (χ1v) is 8.41. The standard InChI is InChI=1S/C20H19NO3/c1-2-24-20(23)18-17-14-10-8-13(9-11-14)16(17)12-21(18)19(22)15-6-4-3-5-7-15/h3-8,10,12-14H,2,9,11H2,1H3. The van der Waals surface area contributed by atoms with Gasteiger partial charge in [0.2, 0.25) is 0 Å².